The van der Waals surface area contributed by atoms with Gasteiger partial charge in [-0.2, -0.15) is 0 Å². The lowest BCUT2D eigenvalue weighted by Crippen LogP contribution is -2.32. The first-order valence-electron chi connectivity index (χ1n) is 9.00. The lowest BCUT2D eigenvalue weighted by molar-refractivity contribution is 0.0999. The van der Waals surface area contributed by atoms with Crippen LogP contribution in [-0.4, -0.2) is 17.1 Å². The number of phenolic OH excluding ortho intramolecular Hbond substituents is 1. The lowest BCUT2D eigenvalue weighted by Gasteiger charge is -2.33. The summed E-state index contributed by atoms with van der Waals surface area (Å²) in [5.41, 5.74) is 8.26. The van der Waals surface area contributed by atoms with Gasteiger partial charge in [0, 0.05) is 11.5 Å². The Hall–Kier alpha value is -2.49. The van der Waals surface area contributed by atoms with Crippen molar-refractivity contribution in [2.24, 2.45) is 11.7 Å². The van der Waals surface area contributed by atoms with Gasteiger partial charge in [0.05, 0.1) is 0 Å². The van der Waals surface area contributed by atoms with Crippen LogP contribution in [-0.2, 0) is 6.42 Å². The first-order valence-corrected chi connectivity index (χ1v) is 9.00. The molecule has 4 rings (SSSR count). The summed E-state index contributed by atoms with van der Waals surface area (Å²) in [6.07, 6.45) is 5.66. The molecule has 2 aromatic rings. The highest BCUT2D eigenvalue weighted by atomic mass is 16.5. The number of fused-ring (bicyclic) bond motifs is 1. The number of primary amides is 1. The number of phenols is 1. The number of hydrogen-bond acceptors (Lipinski definition) is 3. The Bertz CT molecular complexity index is 784. The van der Waals surface area contributed by atoms with Gasteiger partial charge in [0.15, 0.2) is 0 Å². The molecule has 130 valence electrons. The van der Waals surface area contributed by atoms with Gasteiger partial charge in [-0.25, -0.2) is 0 Å². The van der Waals surface area contributed by atoms with Crippen LogP contribution in [0.15, 0.2) is 42.5 Å². The van der Waals surface area contributed by atoms with Crippen molar-refractivity contribution in [1.29, 1.82) is 0 Å². The van der Waals surface area contributed by atoms with E-state index in [2.05, 4.69) is 0 Å². The van der Waals surface area contributed by atoms with Crippen molar-refractivity contribution in [3.63, 3.8) is 0 Å². The zero-order valence-electron chi connectivity index (χ0n) is 14.2. The molecule has 0 saturated heterocycles. The predicted molar refractivity (Wildman–Crippen MR) is 95.9 cm³/mol. The van der Waals surface area contributed by atoms with Crippen LogP contribution in [0.3, 0.4) is 0 Å². The van der Waals surface area contributed by atoms with Crippen LogP contribution in [0.25, 0.3) is 0 Å². The van der Waals surface area contributed by atoms with E-state index in [1.807, 2.05) is 30.3 Å². The Kier molecular flexibility index (Phi) is 4.12. The highest BCUT2D eigenvalue weighted by Crippen LogP contribution is 2.45. The third-order valence-electron chi connectivity index (χ3n) is 5.69. The van der Waals surface area contributed by atoms with Crippen LogP contribution < -0.4 is 10.5 Å². The van der Waals surface area contributed by atoms with E-state index < -0.39 is 0 Å². The fourth-order valence-electron chi connectivity index (χ4n) is 4.44. The molecule has 0 bridgehead atoms. The van der Waals surface area contributed by atoms with Crippen LogP contribution in [0.5, 0.6) is 11.5 Å². The summed E-state index contributed by atoms with van der Waals surface area (Å²) in [6, 6.07) is 13.1. The minimum Gasteiger partial charge on any atom is -0.508 e. The van der Waals surface area contributed by atoms with Crippen molar-refractivity contribution in [3.05, 3.63) is 59.2 Å². The summed E-state index contributed by atoms with van der Waals surface area (Å²) >= 11 is 0. The number of benzene rings is 2. The van der Waals surface area contributed by atoms with Crippen molar-refractivity contribution < 1.29 is 14.6 Å². The molecule has 4 nitrogen and oxygen atoms in total. The van der Waals surface area contributed by atoms with Crippen LogP contribution in [0.1, 0.15) is 53.1 Å². The second kappa shape index (κ2) is 6.43. The minimum atomic E-state index is -0.384. The van der Waals surface area contributed by atoms with Gasteiger partial charge in [-0.3, -0.25) is 4.79 Å². The van der Waals surface area contributed by atoms with Gasteiger partial charge in [0.2, 0.25) is 5.91 Å². The van der Waals surface area contributed by atoms with Crippen molar-refractivity contribution in [2.45, 2.75) is 44.1 Å². The van der Waals surface area contributed by atoms with Gasteiger partial charge in [-0.1, -0.05) is 18.6 Å². The number of rotatable bonds is 3. The molecule has 4 heteroatoms. The monoisotopic (exact) mass is 337 g/mol. The largest absolute Gasteiger partial charge is 0.508 e. The fraction of sp³-hybridized carbons (Fsp3) is 0.381. The van der Waals surface area contributed by atoms with Crippen molar-refractivity contribution in [3.8, 4) is 11.5 Å². The smallest absolute Gasteiger partial charge is 0.248 e. The van der Waals surface area contributed by atoms with Gasteiger partial charge in [0.25, 0.3) is 0 Å². The quantitative estimate of drug-likeness (QED) is 0.895. The summed E-state index contributed by atoms with van der Waals surface area (Å²) < 4.78 is 6.30. The second-order valence-corrected chi connectivity index (χ2v) is 7.17. The van der Waals surface area contributed by atoms with E-state index in [9.17, 15) is 9.90 Å². The zero-order valence-corrected chi connectivity index (χ0v) is 14.2. The molecular formula is C21H23NO3. The lowest BCUT2D eigenvalue weighted by atomic mass is 9.82. The SMILES string of the molecule is NC(=O)c1ccc(C2CCCC2[C@@H]2CCc3cc(O)ccc3O2)cc1. The average molecular weight is 337 g/mol. The Morgan fingerprint density at radius 3 is 2.64 bits per heavy atom. The maximum absolute atomic E-state index is 11.3. The Morgan fingerprint density at radius 1 is 1.08 bits per heavy atom. The molecule has 0 aromatic heterocycles. The molecule has 3 N–H and O–H groups in total. The molecule has 1 fully saturated rings. The summed E-state index contributed by atoms with van der Waals surface area (Å²) in [7, 11) is 0. The number of carbonyl (C=O) groups is 1. The summed E-state index contributed by atoms with van der Waals surface area (Å²) in [6.45, 7) is 0. The van der Waals surface area contributed by atoms with E-state index in [0.29, 0.717) is 23.1 Å². The number of hydrogen-bond donors (Lipinski definition) is 2. The van der Waals surface area contributed by atoms with E-state index in [-0.39, 0.29) is 12.0 Å². The molecular weight excluding hydrogens is 314 g/mol. The van der Waals surface area contributed by atoms with Crippen molar-refractivity contribution in [2.75, 3.05) is 0 Å². The first-order chi connectivity index (χ1) is 12.1. The van der Waals surface area contributed by atoms with Gasteiger partial charge in [-0.05, 0) is 73.1 Å². The number of aryl methyl sites for hydroxylation is 1. The van der Waals surface area contributed by atoms with Crippen molar-refractivity contribution in [1.82, 2.24) is 0 Å². The van der Waals surface area contributed by atoms with Gasteiger partial charge < -0.3 is 15.6 Å². The summed E-state index contributed by atoms with van der Waals surface area (Å²) in [5, 5.41) is 9.63. The number of nitrogens with two attached hydrogens (primary N) is 1. The van der Waals surface area contributed by atoms with Crippen LogP contribution in [0.2, 0.25) is 0 Å². The van der Waals surface area contributed by atoms with E-state index >= 15 is 0 Å². The Labute approximate surface area is 147 Å². The molecule has 25 heavy (non-hydrogen) atoms. The second-order valence-electron chi connectivity index (χ2n) is 7.17. The maximum atomic E-state index is 11.3. The summed E-state index contributed by atoms with van der Waals surface area (Å²) in [4.78, 5) is 11.3. The van der Waals surface area contributed by atoms with Crippen LogP contribution in [0, 0.1) is 5.92 Å². The molecule has 1 amide bonds. The van der Waals surface area contributed by atoms with Gasteiger partial charge in [-0.15, -0.1) is 0 Å². The Balaban J connectivity index is 1.54. The Morgan fingerprint density at radius 2 is 1.88 bits per heavy atom. The highest BCUT2D eigenvalue weighted by Gasteiger charge is 2.37. The van der Waals surface area contributed by atoms with Crippen molar-refractivity contribution >= 4 is 5.91 Å². The van der Waals surface area contributed by atoms with E-state index in [1.165, 1.54) is 18.4 Å². The third kappa shape index (κ3) is 3.09. The average Bonchev–Trinajstić information content (AvgIpc) is 3.11. The third-order valence-corrected chi connectivity index (χ3v) is 5.69. The standard InChI is InChI=1S/C21H23NO3/c22-21(24)14-6-4-13(5-7-14)17-2-1-3-18(17)20-10-8-15-12-16(23)9-11-19(15)25-20/h4-7,9,11-12,17-18,20,23H,1-3,8,10H2,(H2,22,24)/t17?,18?,20-/m0/s1. The molecule has 1 saturated carbocycles. The van der Waals surface area contributed by atoms with E-state index in [0.717, 1.165) is 30.6 Å². The van der Waals surface area contributed by atoms with E-state index in [4.69, 9.17) is 10.5 Å². The molecule has 2 aliphatic rings. The molecule has 1 aliphatic carbocycles. The molecule has 1 heterocycles. The molecule has 3 atom stereocenters. The first kappa shape index (κ1) is 16.0. The zero-order chi connectivity index (χ0) is 17.4. The van der Waals surface area contributed by atoms with E-state index in [1.54, 1.807) is 12.1 Å². The molecule has 0 spiro atoms. The van der Waals surface area contributed by atoms with Gasteiger partial charge >= 0.3 is 0 Å². The summed E-state index contributed by atoms with van der Waals surface area (Å²) in [5.74, 6) is 1.77. The highest BCUT2D eigenvalue weighted by molar-refractivity contribution is 5.92. The normalized spacial score (nSPS) is 25.2. The molecule has 2 aromatic carbocycles. The topological polar surface area (TPSA) is 72.6 Å². The number of amides is 1. The maximum Gasteiger partial charge on any atom is 0.248 e. The minimum absolute atomic E-state index is 0.209. The number of ether oxygens (including phenoxy) is 1. The van der Waals surface area contributed by atoms with Crippen LogP contribution >= 0.6 is 0 Å². The molecule has 0 radical (unpaired) electrons. The molecule has 2 unspecified atom stereocenters. The number of aromatic hydroxyl groups is 1. The molecule has 1 aliphatic heterocycles. The predicted octanol–water partition coefficient (Wildman–Crippen LogP) is 3.77. The van der Waals surface area contributed by atoms with Crippen LogP contribution in [0.4, 0.5) is 0 Å². The number of carbonyl (C=O) groups excluding carboxylic acids is 1. The fourth-order valence-corrected chi connectivity index (χ4v) is 4.44. The van der Waals surface area contributed by atoms with Gasteiger partial charge in [0.1, 0.15) is 17.6 Å².